The van der Waals surface area contributed by atoms with Crippen molar-refractivity contribution in [3.63, 3.8) is 0 Å². The summed E-state index contributed by atoms with van der Waals surface area (Å²) in [5.74, 6) is -4.05. The van der Waals surface area contributed by atoms with Crippen LogP contribution in [0, 0.1) is 5.82 Å². The van der Waals surface area contributed by atoms with Gasteiger partial charge in [-0.3, -0.25) is 9.59 Å². The largest absolute Gasteiger partial charge is 0.481 e. The number of nitrogens with zero attached hydrogens (tertiary/aromatic N) is 2. The lowest BCUT2D eigenvalue weighted by Crippen LogP contribution is -2.32. The number of aliphatic hydroxyl groups excluding tert-OH is 2. The average Bonchev–Trinajstić information content (AvgIpc) is 3.08. The lowest BCUT2D eigenvalue weighted by molar-refractivity contribution is -0.142. The van der Waals surface area contributed by atoms with Gasteiger partial charge < -0.3 is 20.6 Å². The lowest BCUT2D eigenvalue weighted by Gasteiger charge is -2.24. The molecule has 0 fully saturated rings. The number of carbonyl (C=O) groups is 2. The molecule has 3 atom stereocenters. The fourth-order valence-corrected chi connectivity index (χ4v) is 3.63. The Labute approximate surface area is 187 Å². The van der Waals surface area contributed by atoms with E-state index in [0.29, 0.717) is 17.7 Å². The van der Waals surface area contributed by atoms with E-state index in [2.05, 4.69) is 10.4 Å². The number of amides is 1. The third-order valence-corrected chi connectivity index (χ3v) is 5.17. The summed E-state index contributed by atoms with van der Waals surface area (Å²) in [7, 11) is 0. The van der Waals surface area contributed by atoms with E-state index in [1.165, 1.54) is 28.9 Å². The van der Waals surface area contributed by atoms with Crippen LogP contribution in [-0.2, 0) is 4.79 Å². The van der Waals surface area contributed by atoms with E-state index in [1.807, 2.05) is 0 Å². The van der Waals surface area contributed by atoms with Crippen LogP contribution in [0.5, 0.6) is 0 Å². The number of nitrogens with one attached hydrogen (secondary N) is 1. The molecule has 0 saturated heterocycles. The van der Waals surface area contributed by atoms with Gasteiger partial charge in [0.15, 0.2) is 5.69 Å². The number of aliphatic carboxylic acids is 1. The Morgan fingerprint density at radius 3 is 2.19 bits per heavy atom. The smallest absolute Gasteiger partial charge is 0.315 e. The van der Waals surface area contributed by atoms with Crippen molar-refractivity contribution in [3.05, 3.63) is 47.0 Å². The quantitative estimate of drug-likeness (QED) is 0.442. The molecular formula is C23H32FN3O5. The molecule has 0 radical (unpaired) electrons. The SMILES string of the molecule is CCC(O)CC(O)C(C(=O)O)c1c(C(C)C)c(C(=O)NC(C)C)nn1-c1ccc(F)cc1. The fourth-order valence-electron chi connectivity index (χ4n) is 3.63. The van der Waals surface area contributed by atoms with Crippen LogP contribution in [0.3, 0.4) is 0 Å². The number of aromatic nitrogens is 2. The van der Waals surface area contributed by atoms with Gasteiger partial charge >= 0.3 is 5.97 Å². The van der Waals surface area contributed by atoms with Gasteiger partial charge in [-0.1, -0.05) is 20.8 Å². The van der Waals surface area contributed by atoms with Gasteiger partial charge in [0.2, 0.25) is 0 Å². The first-order chi connectivity index (χ1) is 15.0. The zero-order valence-electron chi connectivity index (χ0n) is 19.0. The highest BCUT2D eigenvalue weighted by Crippen LogP contribution is 2.35. The van der Waals surface area contributed by atoms with Gasteiger partial charge in [0.25, 0.3) is 5.91 Å². The molecule has 0 aliphatic heterocycles. The molecule has 1 heterocycles. The molecule has 0 spiro atoms. The fraction of sp³-hybridized carbons (Fsp3) is 0.522. The van der Waals surface area contributed by atoms with Crippen molar-refractivity contribution in [1.29, 1.82) is 0 Å². The predicted molar refractivity (Wildman–Crippen MR) is 118 cm³/mol. The molecule has 0 aliphatic rings. The zero-order valence-corrected chi connectivity index (χ0v) is 19.0. The molecule has 1 aromatic carbocycles. The summed E-state index contributed by atoms with van der Waals surface area (Å²) >= 11 is 0. The van der Waals surface area contributed by atoms with E-state index in [0.717, 1.165) is 0 Å². The minimum absolute atomic E-state index is 0.0440. The van der Waals surface area contributed by atoms with Gasteiger partial charge in [0.05, 0.1) is 23.6 Å². The normalized spacial score (nSPS) is 14.4. The highest BCUT2D eigenvalue weighted by Gasteiger charge is 2.38. The van der Waals surface area contributed by atoms with Crippen molar-refractivity contribution in [2.75, 3.05) is 0 Å². The van der Waals surface area contributed by atoms with Gasteiger partial charge in [0.1, 0.15) is 11.7 Å². The molecule has 0 bridgehead atoms. The number of hydrogen-bond acceptors (Lipinski definition) is 5. The van der Waals surface area contributed by atoms with Gasteiger partial charge in [-0.15, -0.1) is 0 Å². The number of halogens is 1. The minimum Gasteiger partial charge on any atom is -0.481 e. The van der Waals surface area contributed by atoms with Crippen LogP contribution in [0.4, 0.5) is 4.39 Å². The molecule has 1 aromatic heterocycles. The van der Waals surface area contributed by atoms with Crippen LogP contribution in [0.1, 0.15) is 81.0 Å². The molecule has 4 N–H and O–H groups in total. The first kappa shape index (κ1) is 25.5. The third kappa shape index (κ3) is 5.72. The Hall–Kier alpha value is -2.78. The number of carboxylic acids is 1. The Balaban J connectivity index is 2.80. The van der Waals surface area contributed by atoms with Crippen molar-refractivity contribution in [1.82, 2.24) is 15.1 Å². The first-order valence-electron chi connectivity index (χ1n) is 10.8. The van der Waals surface area contributed by atoms with Crippen LogP contribution < -0.4 is 5.32 Å². The molecule has 8 nitrogen and oxygen atoms in total. The van der Waals surface area contributed by atoms with Crippen molar-refractivity contribution < 1.29 is 29.3 Å². The lowest BCUT2D eigenvalue weighted by atomic mass is 9.87. The van der Waals surface area contributed by atoms with E-state index < -0.39 is 35.8 Å². The minimum atomic E-state index is -1.47. The maximum atomic E-state index is 13.5. The predicted octanol–water partition coefficient (Wildman–Crippen LogP) is 2.96. The van der Waals surface area contributed by atoms with E-state index in [-0.39, 0.29) is 29.8 Å². The van der Waals surface area contributed by atoms with E-state index in [9.17, 15) is 29.3 Å². The molecule has 176 valence electrons. The second-order valence-corrected chi connectivity index (χ2v) is 8.50. The number of carbonyl (C=O) groups excluding carboxylic acids is 1. The molecule has 32 heavy (non-hydrogen) atoms. The molecule has 3 unspecified atom stereocenters. The summed E-state index contributed by atoms with van der Waals surface area (Å²) in [6.07, 6.45) is -2.13. The van der Waals surface area contributed by atoms with Gasteiger partial charge in [-0.2, -0.15) is 5.10 Å². The summed E-state index contributed by atoms with van der Waals surface area (Å²) in [6.45, 7) is 8.91. The van der Waals surface area contributed by atoms with Crippen molar-refractivity contribution in [2.45, 2.75) is 77.5 Å². The average molecular weight is 450 g/mol. The Morgan fingerprint density at radius 2 is 1.72 bits per heavy atom. The highest BCUT2D eigenvalue weighted by atomic mass is 19.1. The Bertz CT molecular complexity index is 940. The summed E-state index contributed by atoms with van der Waals surface area (Å²) in [5.41, 5.74) is 0.901. The van der Waals surface area contributed by atoms with Crippen molar-refractivity contribution in [2.24, 2.45) is 0 Å². The van der Waals surface area contributed by atoms with Crippen molar-refractivity contribution in [3.8, 4) is 5.69 Å². The first-order valence-corrected chi connectivity index (χ1v) is 10.8. The number of benzene rings is 1. The number of rotatable bonds is 10. The molecular weight excluding hydrogens is 417 g/mol. The Morgan fingerprint density at radius 1 is 1.12 bits per heavy atom. The molecule has 0 saturated carbocycles. The van der Waals surface area contributed by atoms with Crippen LogP contribution in [0.25, 0.3) is 5.69 Å². The molecule has 1 amide bonds. The highest BCUT2D eigenvalue weighted by molar-refractivity contribution is 5.95. The molecule has 9 heteroatoms. The topological polar surface area (TPSA) is 125 Å². The second-order valence-electron chi connectivity index (χ2n) is 8.50. The monoisotopic (exact) mass is 449 g/mol. The van der Waals surface area contributed by atoms with Crippen LogP contribution in [-0.4, -0.2) is 55.2 Å². The van der Waals surface area contributed by atoms with Gasteiger partial charge in [-0.25, -0.2) is 9.07 Å². The summed E-state index contributed by atoms with van der Waals surface area (Å²) in [5, 5.41) is 38.1. The van der Waals surface area contributed by atoms with Crippen LogP contribution >= 0.6 is 0 Å². The number of hydrogen-bond donors (Lipinski definition) is 4. The Kier molecular flexibility index (Phi) is 8.51. The van der Waals surface area contributed by atoms with E-state index in [1.54, 1.807) is 34.6 Å². The number of aliphatic hydroxyl groups is 2. The summed E-state index contributed by atoms with van der Waals surface area (Å²) in [4.78, 5) is 25.3. The summed E-state index contributed by atoms with van der Waals surface area (Å²) < 4.78 is 14.8. The molecule has 0 aliphatic carbocycles. The third-order valence-electron chi connectivity index (χ3n) is 5.17. The summed E-state index contributed by atoms with van der Waals surface area (Å²) in [6, 6.07) is 5.08. The van der Waals surface area contributed by atoms with Gasteiger partial charge in [0, 0.05) is 18.0 Å². The standard InChI is InChI=1S/C23H32FN3O5/c1-6-16(28)11-17(29)19(23(31)32)21-18(12(2)3)20(22(30)25-13(4)5)26-27(21)15-9-7-14(24)8-10-15/h7-10,12-13,16-17,19,28-29H,6,11H2,1-5H3,(H,25,30)(H,31,32). The van der Waals surface area contributed by atoms with Crippen LogP contribution in [0.2, 0.25) is 0 Å². The van der Waals surface area contributed by atoms with Crippen molar-refractivity contribution >= 4 is 11.9 Å². The van der Waals surface area contributed by atoms with Crippen LogP contribution in [0.15, 0.2) is 24.3 Å². The molecule has 2 rings (SSSR count). The number of carboxylic acid groups (broad SMARTS) is 1. The molecule has 2 aromatic rings. The second kappa shape index (κ2) is 10.7. The zero-order chi connectivity index (χ0) is 24.2. The maximum Gasteiger partial charge on any atom is 0.315 e. The maximum absolute atomic E-state index is 13.5. The van der Waals surface area contributed by atoms with E-state index in [4.69, 9.17) is 0 Å². The van der Waals surface area contributed by atoms with Gasteiger partial charge in [-0.05, 0) is 50.5 Å². The van der Waals surface area contributed by atoms with E-state index >= 15 is 0 Å².